The summed E-state index contributed by atoms with van der Waals surface area (Å²) < 4.78 is 32.5. The number of ketones is 1. The molecule has 0 aliphatic rings. The zero-order chi connectivity index (χ0) is 15.2. The summed E-state index contributed by atoms with van der Waals surface area (Å²) in [7, 11) is 0. The minimum Gasteiger partial charge on any atom is -0.494 e. The Bertz CT molecular complexity index is 601. The first-order valence-electron chi connectivity index (χ1n) is 6.80. The minimum absolute atomic E-state index is 0.200. The lowest BCUT2D eigenvalue weighted by Gasteiger charge is -2.07. The number of carbonyl (C=O) groups excluding carboxylic acids is 1. The predicted octanol–water partition coefficient (Wildman–Crippen LogP) is 4.18. The van der Waals surface area contributed by atoms with E-state index in [0.29, 0.717) is 17.9 Å². The van der Waals surface area contributed by atoms with Crippen LogP contribution < -0.4 is 4.74 Å². The number of hydrogen-bond acceptors (Lipinski definition) is 2. The molecule has 0 fully saturated rings. The van der Waals surface area contributed by atoms with E-state index in [9.17, 15) is 13.6 Å². The van der Waals surface area contributed by atoms with Gasteiger partial charge in [-0.25, -0.2) is 8.78 Å². The second kappa shape index (κ2) is 6.97. The number of ether oxygens (including phenoxy) is 1. The van der Waals surface area contributed by atoms with Gasteiger partial charge >= 0.3 is 0 Å². The maximum atomic E-state index is 13.5. The van der Waals surface area contributed by atoms with E-state index in [0.717, 1.165) is 18.6 Å². The summed E-state index contributed by atoms with van der Waals surface area (Å²) >= 11 is 0. The van der Waals surface area contributed by atoms with Crippen LogP contribution in [0.4, 0.5) is 8.78 Å². The number of halogens is 2. The average molecular weight is 290 g/mol. The minimum atomic E-state index is -0.703. The Hall–Kier alpha value is -2.23. The molecule has 0 aliphatic heterocycles. The molecule has 0 bridgehead atoms. The second-order valence-corrected chi connectivity index (χ2v) is 4.67. The van der Waals surface area contributed by atoms with Crippen molar-refractivity contribution >= 4 is 5.78 Å². The van der Waals surface area contributed by atoms with Crippen molar-refractivity contribution in [3.05, 3.63) is 65.2 Å². The predicted molar refractivity (Wildman–Crippen MR) is 76.6 cm³/mol. The lowest BCUT2D eigenvalue weighted by Crippen LogP contribution is -2.07. The highest BCUT2D eigenvalue weighted by Gasteiger charge is 2.14. The van der Waals surface area contributed by atoms with E-state index in [1.165, 1.54) is 6.07 Å². The van der Waals surface area contributed by atoms with Crippen LogP contribution in [0.2, 0.25) is 0 Å². The first-order valence-corrected chi connectivity index (χ1v) is 6.80. The number of Topliss-reactive ketones (excluding diaryl/α,β-unsaturated/α-hetero) is 1. The highest BCUT2D eigenvalue weighted by molar-refractivity contribution is 5.97. The van der Waals surface area contributed by atoms with Gasteiger partial charge in [-0.15, -0.1) is 0 Å². The van der Waals surface area contributed by atoms with Gasteiger partial charge in [0.2, 0.25) is 0 Å². The molecule has 2 nitrogen and oxygen atoms in total. The van der Waals surface area contributed by atoms with Crippen molar-refractivity contribution in [1.82, 2.24) is 0 Å². The van der Waals surface area contributed by atoms with E-state index in [1.54, 1.807) is 24.3 Å². The Balaban J connectivity index is 2.10. The van der Waals surface area contributed by atoms with Gasteiger partial charge in [-0.1, -0.05) is 13.0 Å². The largest absolute Gasteiger partial charge is 0.494 e. The topological polar surface area (TPSA) is 26.3 Å². The van der Waals surface area contributed by atoms with Crippen LogP contribution in [0.5, 0.6) is 5.75 Å². The lowest BCUT2D eigenvalue weighted by molar-refractivity contribution is 0.0990. The van der Waals surface area contributed by atoms with Crippen molar-refractivity contribution in [2.24, 2.45) is 0 Å². The van der Waals surface area contributed by atoms with E-state index in [1.807, 2.05) is 6.92 Å². The quantitative estimate of drug-likeness (QED) is 0.746. The smallest absolute Gasteiger partial charge is 0.167 e. The first-order chi connectivity index (χ1) is 10.1. The molecular formula is C17H16F2O2. The second-order valence-electron chi connectivity index (χ2n) is 4.67. The maximum absolute atomic E-state index is 13.5. The summed E-state index contributed by atoms with van der Waals surface area (Å²) in [6.07, 6.45) is 0.598. The van der Waals surface area contributed by atoms with Crippen molar-refractivity contribution in [1.29, 1.82) is 0 Å². The van der Waals surface area contributed by atoms with Crippen LogP contribution >= 0.6 is 0 Å². The lowest BCUT2D eigenvalue weighted by atomic mass is 10.0. The van der Waals surface area contributed by atoms with Crippen LogP contribution in [-0.4, -0.2) is 12.4 Å². The molecule has 0 spiro atoms. The van der Waals surface area contributed by atoms with Gasteiger partial charge in [0.15, 0.2) is 5.78 Å². The van der Waals surface area contributed by atoms with Crippen LogP contribution in [0.3, 0.4) is 0 Å². The van der Waals surface area contributed by atoms with E-state index in [-0.39, 0.29) is 17.8 Å². The molecule has 0 N–H and O–H groups in total. The Morgan fingerprint density at radius 3 is 2.24 bits per heavy atom. The number of hydrogen-bond donors (Lipinski definition) is 0. The first kappa shape index (κ1) is 15.2. The maximum Gasteiger partial charge on any atom is 0.167 e. The molecule has 2 rings (SSSR count). The Labute approximate surface area is 122 Å². The molecule has 4 heteroatoms. The molecule has 2 aromatic rings. The number of rotatable bonds is 6. The molecule has 2 aromatic carbocycles. The molecule has 0 aromatic heterocycles. The van der Waals surface area contributed by atoms with Gasteiger partial charge in [-0.05, 0) is 42.8 Å². The summed E-state index contributed by atoms with van der Waals surface area (Å²) in [6.45, 7) is 2.61. The fraction of sp³-hybridized carbons (Fsp3) is 0.235. The van der Waals surface area contributed by atoms with Gasteiger partial charge in [0, 0.05) is 17.5 Å². The highest BCUT2D eigenvalue weighted by atomic mass is 19.1. The number of carbonyl (C=O) groups is 1. The molecule has 0 heterocycles. The normalized spacial score (nSPS) is 10.4. The van der Waals surface area contributed by atoms with Crippen LogP contribution in [0.15, 0.2) is 42.5 Å². The molecule has 0 radical (unpaired) electrons. The molecule has 0 saturated heterocycles. The van der Waals surface area contributed by atoms with Gasteiger partial charge in [0.25, 0.3) is 0 Å². The van der Waals surface area contributed by atoms with E-state index >= 15 is 0 Å². The molecule has 110 valence electrons. The van der Waals surface area contributed by atoms with E-state index in [4.69, 9.17) is 4.74 Å². The third-order valence-corrected chi connectivity index (χ3v) is 3.05. The zero-order valence-electron chi connectivity index (χ0n) is 11.7. The third-order valence-electron chi connectivity index (χ3n) is 3.05. The van der Waals surface area contributed by atoms with Crippen LogP contribution in [0, 0.1) is 11.6 Å². The van der Waals surface area contributed by atoms with Crippen molar-refractivity contribution in [3.63, 3.8) is 0 Å². The summed E-state index contributed by atoms with van der Waals surface area (Å²) in [4.78, 5) is 12.1. The molecule has 21 heavy (non-hydrogen) atoms. The molecule has 0 atom stereocenters. The Morgan fingerprint density at radius 2 is 1.67 bits per heavy atom. The van der Waals surface area contributed by atoms with Gasteiger partial charge < -0.3 is 4.74 Å². The molecule has 0 aliphatic carbocycles. The summed E-state index contributed by atoms with van der Waals surface area (Å²) in [5.41, 5.74) is 0.204. The van der Waals surface area contributed by atoms with Crippen molar-refractivity contribution in [3.8, 4) is 5.75 Å². The standard InChI is InChI=1S/C17H16F2O2/c1-2-10-21-13-8-6-12(7-9-13)17(20)11-14-15(18)4-3-5-16(14)19/h3-9H,2,10-11H2,1H3. The van der Waals surface area contributed by atoms with Crippen LogP contribution in [0.1, 0.15) is 29.3 Å². The van der Waals surface area contributed by atoms with Crippen LogP contribution in [-0.2, 0) is 6.42 Å². The average Bonchev–Trinajstić information content (AvgIpc) is 2.49. The fourth-order valence-corrected chi connectivity index (χ4v) is 1.92. The fourth-order valence-electron chi connectivity index (χ4n) is 1.92. The highest BCUT2D eigenvalue weighted by Crippen LogP contribution is 2.17. The number of benzene rings is 2. The van der Waals surface area contributed by atoms with Crippen molar-refractivity contribution in [2.45, 2.75) is 19.8 Å². The molecule has 0 unspecified atom stereocenters. The van der Waals surface area contributed by atoms with Crippen LogP contribution in [0.25, 0.3) is 0 Å². The third kappa shape index (κ3) is 3.88. The summed E-state index contributed by atoms with van der Waals surface area (Å²) in [5.74, 6) is -1.07. The van der Waals surface area contributed by atoms with Crippen molar-refractivity contribution < 1.29 is 18.3 Å². The SMILES string of the molecule is CCCOc1ccc(C(=O)Cc2c(F)cccc2F)cc1. The molecular weight excluding hydrogens is 274 g/mol. The van der Waals surface area contributed by atoms with Crippen molar-refractivity contribution in [2.75, 3.05) is 6.61 Å². The van der Waals surface area contributed by atoms with E-state index < -0.39 is 11.6 Å². The zero-order valence-corrected chi connectivity index (χ0v) is 11.7. The molecule has 0 saturated carbocycles. The Kier molecular flexibility index (Phi) is 5.04. The monoisotopic (exact) mass is 290 g/mol. The van der Waals surface area contributed by atoms with Gasteiger partial charge in [-0.2, -0.15) is 0 Å². The van der Waals surface area contributed by atoms with Gasteiger partial charge in [0.05, 0.1) is 6.61 Å². The Morgan fingerprint density at radius 1 is 1.05 bits per heavy atom. The summed E-state index contributed by atoms with van der Waals surface area (Å²) in [5, 5.41) is 0. The summed E-state index contributed by atoms with van der Waals surface area (Å²) in [6, 6.07) is 10.1. The van der Waals surface area contributed by atoms with E-state index in [2.05, 4.69) is 0 Å². The van der Waals surface area contributed by atoms with Gasteiger partial charge in [0.1, 0.15) is 17.4 Å². The van der Waals surface area contributed by atoms with Gasteiger partial charge in [-0.3, -0.25) is 4.79 Å². The molecule has 0 amide bonds.